The zero-order valence-corrected chi connectivity index (χ0v) is 14.5. The summed E-state index contributed by atoms with van der Waals surface area (Å²) in [7, 11) is 0. The topological polar surface area (TPSA) is 46.2 Å². The minimum Gasteiger partial charge on any atom is -0.378 e. The van der Waals surface area contributed by atoms with Gasteiger partial charge < -0.3 is 5.32 Å². The van der Waals surface area contributed by atoms with Crippen molar-refractivity contribution in [1.29, 1.82) is 0 Å². The van der Waals surface area contributed by atoms with Gasteiger partial charge in [-0.1, -0.05) is 31.9 Å². The summed E-state index contributed by atoms with van der Waals surface area (Å²) in [5.74, 6) is 0.543. The van der Waals surface area contributed by atoms with E-state index in [2.05, 4.69) is 25.2 Å². The van der Waals surface area contributed by atoms with E-state index >= 15 is 0 Å². The molecule has 2 aromatic carbocycles. The molecule has 3 nitrogen and oxygen atoms in total. The molecule has 1 aliphatic carbocycles. The first-order valence-corrected chi connectivity index (χ1v) is 8.58. The van der Waals surface area contributed by atoms with E-state index in [-0.39, 0.29) is 10.9 Å². The van der Waals surface area contributed by atoms with Gasteiger partial charge in [-0.3, -0.25) is 9.59 Å². The molecule has 3 heteroatoms. The van der Waals surface area contributed by atoms with Crippen molar-refractivity contribution >= 4 is 5.69 Å². The second-order valence-electron chi connectivity index (χ2n) is 7.17. The highest BCUT2D eigenvalue weighted by atomic mass is 16.2. The Bertz CT molecular complexity index is 812. The lowest BCUT2D eigenvalue weighted by Crippen LogP contribution is -2.41. The molecule has 0 aliphatic heterocycles. The average Bonchev–Trinajstić information content (AvgIpc) is 2.53. The molecule has 23 heavy (non-hydrogen) atoms. The number of rotatable bonds is 3. The Kier molecular flexibility index (Phi) is 4.13. The van der Waals surface area contributed by atoms with Gasteiger partial charge in [0.15, 0.2) is 0 Å². The normalized spacial score (nSPS) is 21.6. The summed E-state index contributed by atoms with van der Waals surface area (Å²) in [5.41, 5.74) is 4.76. The van der Waals surface area contributed by atoms with Crippen LogP contribution in [0.4, 0.5) is 5.69 Å². The quantitative estimate of drug-likeness (QED) is 0.875. The zero-order chi connectivity index (χ0) is 16.7. The van der Waals surface area contributed by atoms with E-state index in [9.17, 15) is 9.59 Å². The highest BCUT2D eigenvalue weighted by Crippen LogP contribution is 2.32. The molecule has 0 spiro atoms. The second kappa shape index (κ2) is 5.95. The molecular weight excluding hydrogens is 286 g/mol. The summed E-state index contributed by atoms with van der Waals surface area (Å²) in [4.78, 5) is 24.3. The minimum atomic E-state index is -0.351. The van der Waals surface area contributed by atoms with Crippen LogP contribution in [-0.2, 0) is 0 Å². The van der Waals surface area contributed by atoms with Crippen molar-refractivity contribution in [1.82, 2.24) is 0 Å². The van der Waals surface area contributed by atoms with Gasteiger partial charge in [-0.15, -0.1) is 0 Å². The molecule has 2 aromatic rings. The lowest BCUT2D eigenvalue weighted by Gasteiger charge is -2.31. The Morgan fingerprint density at radius 1 is 0.913 bits per heavy atom. The fourth-order valence-electron chi connectivity index (χ4n) is 3.73. The van der Waals surface area contributed by atoms with E-state index in [1.807, 2.05) is 19.9 Å². The highest BCUT2D eigenvalue weighted by Gasteiger charge is 2.28. The molecule has 0 bridgehead atoms. The monoisotopic (exact) mass is 311 g/mol. The van der Waals surface area contributed by atoms with Gasteiger partial charge in [0.2, 0.25) is 10.9 Å². The van der Waals surface area contributed by atoms with Crippen LogP contribution in [0.15, 0.2) is 21.7 Å². The molecule has 1 N–H and O–H groups in total. The largest absolute Gasteiger partial charge is 0.378 e. The van der Waals surface area contributed by atoms with E-state index < -0.39 is 0 Å². The third-order valence-corrected chi connectivity index (χ3v) is 5.46. The highest BCUT2D eigenvalue weighted by molar-refractivity contribution is 5.84. The van der Waals surface area contributed by atoms with Crippen molar-refractivity contribution in [3.8, 4) is 11.1 Å². The molecule has 1 saturated carbocycles. The average molecular weight is 311 g/mol. The number of anilines is 1. The Morgan fingerprint density at radius 2 is 1.57 bits per heavy atom. The first-order chi connectivity index (χ1) is 10.9. The van der Waals surface area contributed by atoms with Crippen LogP contribution in [-0.4, -0.2) is 6.04 Å². The summed E-state index contributed by atoms with van der Waals surface area (Å²) in [5, 5.41) is 3.40. The van der Waals surface area contributed by atoms with Crippen molar-refractivity contribution in [3.63, 3.8) is 0 Å². The van der Waals surface area contributed by atoms with Gasteiger partial charge in [0.1, 0.15) is 0 Å². The summed E-state index contributed by atoms with van der Waals surface area (Å²) in [6, 6.07) is 4.43. The van der Waals surface area contributed by atoms with Crippen molar-refractivity contribution in [2.45, 2.75) is 59.4 Å². The van der Waals surface area contributed by atoms with Crippen LogP contribution in [0.5, 0.6) is 0 Å². The van der Waals surface area contributed by atoms with Crippen LogP contribution >= 0.6 is 0 Å². The Hall–Kier alpha value is -1.90. The van der Waals surface area contributed by atoms with E-state index in [1.54, 1.807) is 0 Å². The van der Waals surface area contributed by atoms with Crippen molar-refractivity contribution in [2.24, 2.45) is 5.92 Å². The molecule has 1 fully saturated rings. The van der Waals surface area contributed by atoms with Crippen LogP contribution in [0.3, 0.4) is 0 Å². The fourth-order valence-corrected chi connectivity index (χ4v) is 3.73. The minimum absolute atomic E-state index is 0.303. The zero-order valence-electron chi connectivity index (χ0n) is 14.5. The Balaban J connectivity index is 1.99. The molecule has 0 unspecified atom stereocenters. The maximum atomic E-state index is 12.2. The number of aryl methyl sites for hydroxylation is 3. The van der Waals surface area contributed by atoms with Gasteiger partial charge in [-0.25, -0.2) is 0 Å². The standard InChI is InChI=1S/C20H25NO2/c1-11-7-5-6-8-16(11)21-18-17(19(22)20(18)23)15-10-13(3)12(2)9-14(15)4/h9-11,16,21H,5-8H2,1-4H3/t11-,16+/m1/s1. The van der Waals surface area contributed by atoms with Crippen LogP contribution in [0, 0.1) is 26.7 Å². The summed E-state index contributed by atoms with van der Waals surface area (Å²) in [6.45, 7) is 8.34. The van der Waals surface area contributed by atoms with Gasteiger partial charge in [0.05, 0.1) is 11.3 Å². The van der Waals surface area contributed by atoms with E-state index in [1.165, 1.54) is 24.8 Å². The van der Waals surface area contributed by atoms with E-state index in [0.29, 0.717) is 23.2 Å². The maximum absolute atomic E-state index is 12.2. The molecule has 1 aliphatic rings. The molecule has 3 rings (SSSR count). The van der Waals surface area contributed by atoms with Crippen molar-refractivity contribution in [2.75, 3.05) is 5.32 Å². The molecule has 122 valence electrons. The summed E-state index contributed by atoms with van der Waals surface area (Å²) >= 11 is 0. The van der Waals surface area contributed by atoms with Crippen molar-refractivity contribution in [3.05, 3.63) is 49.3 Å². The first kappa shape index (κ1) is 16.0. The van der Waals surface area contributed by atoms with Crippen LogP contribution in [0.1, 0.15) is 49.3 Å². The molecule has 0 heterocycles. The summed E-state index contributed by atoms with van der Waals surface area (Å²) in [6.07, 6.45) is 4.71. The predicted octanol–water partition coefficient (Wildman–Crippen LogP) is 3.87. The lowest BCUT2D eigenvalue weighted by molar-refractivity contribution is 0.349. The van der Waals surface area contributed by atoms with E-state index in [0.717, 1.165) is 23.1 Å². The van der Waals surface area contributed by atoms with Crippen molar-refractivity contribution < 1.29 is 0 Å². The van der Waals surface area contributed by atoms with Gasteiger partial charge in [0.25, 0.3) is 0 Å². The van der Waals surface area contributed by atoms with Crippen LogP contribution in [0.2, 0.25) is 0 Å². The van der Waals surface area contributed by atoms with Gasteiger partial charge in [-0.2, -0.15) is 0 Å². The maximum Gasteiger partial charge on any atom is 0.250 e. The van der Waals surface area contributed by atoms with Crippen LogP contribution < -0.4 is 16.2 Å². The molecule has 0 saturated heterocycles. The van der Waals surface area contributed by atoms with Gasteiger partial charge >= 0.3 is 0 Å². The van der Waals surface area contributed by atoms with Gasteiger partial charge in [0, 0.05) is 6.04 Å². The van der Waals surface area contributed by atoms with Gasteiger partial charge in [-0.05, 0) is 61.8 Å². The van der Waals surface area contributed by atoms with E-state index in [4.69, 9.17) is 0 Å². The predicted molar refractivity (Wildman–Crippen MR) is 96.0 cm³/mol. The Labute approximate surface area is 137 Å². The summed E-state index contributed by atoms with van der Waals surface area (Å²) < 4.78 is 0. The smallest absolute Gasteiger partial charge is 0.250 e. The fraction of sp³-hybridized carbons (Fsp3) is 0.500. The van der Waals surface area contributed by atoms with Crippen LogP contribution in [0.25, 0.3) is 11.1 Å². The SMILES string of the molecule is Cc1cc(C)c(-c2c(N[C@H]3CCCC[C@H]3C)c(=O)c2=O)cc1C. The molecule has 0 aromatic heterocycles. The third kappa shape index (κ3) is 2.73. The number of benzene rings is 1. The third-order valence-electron chi connectivity index (χ3n) is 5.46. The second-order valence-corrected chi connectivity index (χ2v) is 7.17. The number of hydrogen-bond acceptors (Lipinski definition) is 3. The lowest BCUT2D eigenvalue weighted by atomic mass is 9.84. The number of hydrogen-bond donors (Lipinski definition) is 1. The first-order valence-electron chi connectivity index (χ1n) is 8.58. The number of nitrogens with one attached hydrogen (secondary N) is 1. The molecular formula is C20H25NO2. The molecule has 0 radical (unpaired) electrons. The Morgan fingerprint density at radius 3 is 2.26 bits per heavy atom. The molecule has 0 amide bonds. The molecule has 2 atom stereocenters.